The number of piperazine rings is 1. The van der Waals surface area contributed by atoms with Crippen molar-refractivity contribution >= 4 is 22.8 Å². The highest BCUT2D eigenvalue weighted by atomic mass is 19.4. The minimum atomic E-state index is -4.50. The van der Waals surface area contributed by atoms with Gasteiger partial charge in [-0.15, -0.1) is 0 Å². The Morgan fingerprint density at radius 1 is 1.21 bits per heavy atom. The molecule has 0 spiro atoms. The van der Waals surface area contributed by atoms with E-state index in [0.29, 0.717) is 41.9 Å². The number of amides is 1. The zero-order valence-electron chi connectivity index (χ0n) is 21.9. The zero-order valence-corrected chi connectivity index (χ0v) is 21.9. The topological polar surface area (TPSA) is 116 Å². The smallest absolute Gasteiger partial charge is 0.349 e. The second-order valence-electron chi connectivity index (χ2n) is 9.41. The molecule has 1 aromatic carbocycles. The molecule has 3 aromatic rings. The first kappa shape index (κ1) is 28.0. The average molecular weight is 544 g/mol. The molecule has 206 valence electrons. The fraction of sp³-hybridized carbons (Fsp3) is 0.423. The number of hydrogen-bond donors (Lipinski definition) is 1. The number of nitrogens with one attached hydrogen (secondary N) is 1. The SMILES string of the molecule is CC[C@@H]1CN(c2nc(=O)n(C)c3ccc(C#N)nc23)[C@@H](C)CN1C(C(=O)NOC)c1ccc(C(F)(F)F)cc1. The molecule has 1 amide bonds. The lowest BCUT2D eigenvalue weighted by molar-refractivity contribution is -0.139. The van der Waals surface area contributed by atoms with Gasteiger partial charge in [-0.05, 0) is 43.2 Å². The molecule has 3 heterocycles. The molecule has 1 unspecified atom stereocenters. The van der Waals surface area contributed by atoms with Gasteiger partial charge < -0.3 is 4.90 Å². The van der Waals surface area contributed by atoms with Crippen LogP contribution in [-0.4, -0.2) is 57.6 Å². The van der Waals surface area contributed by atoms with Crippen molar-refractivity contribution in [2.45, 2.75) is 44.6 Å². The number of aromatic nitrogens is 3. The number of carbonyl (C=O) groups is 1. The van der Waals surface area contributed by atoms with Crippen LogP contribution in [0.3, 0.4) is 0 Å². The van der Waals surface area contributed by atoms with E-state index < -0.39 is 29.4 Å². The first-order chi connectivity index (χ1) is 18.5. The summed E-state index contributed by atoms with van der Waals surface area (Å²) in [5.41, 5.74) is 2.53. The van der Waals surface area contributed by atoms with E-state index in [1.807, 2.05) is 29.7 Å². The number of nitrogens with zero attached hydrogens (tertiary/aromatic N) is 6. The lowest BCUT2D eigenvalue weighted by Gasteiger charge is -2.48. The van der Waals surface area contributed by atoms with E-state index in [9.17, 15) is 28.0 Å². The Labute approximate surface area is 222 Å². The number of hydrogen-bond acceptors (Lipinski definition) is 8. The number of fused-ring (bicyclic) bond motifs is 1. The maximum absolute atomic E-state index is 13.2. The zero-order chi connectivity index (χ0) is 28.5. The van der Waals surface area contributed by atoms with Gasteiger partial charge in [0.15, 0.2) is 5.82 Å². The van der Waals surface area contributed by atoms with Crippen molar-refractivity contribution in [3.05, 3.63) is 63.7 Å². The summed E-state index contributed by atoms with van der Waals surface area (Å²) < 4.78 is 40.9. The number of anilines is 1. The summed E-state index contributed by atoms with van der Waals surface area (Å²) in [5, 5.41) is 9.38. The number of carbonyl (C=O) groups excluding carboxylic acids is 1. The number of benzene rings is 1. The standard InChI is InChI=1S/C26H28F3N7O3/c1-5-19-14-35(23-21-20(34(3)25(38)32-23)11-10-18(12-30)31-21)15(2)13-36(19)22(24(37)33-39-4)16-6-8-17(9-7-16)26(27,28)29/h6-11,15,19,22H,5,13-14H2,1-4H3,(H,33,37)/t15-,19+,22?/m0/s1. The Morgan fingerprint density at radius 2 is 1.90 bits per heavy atom. The first-order valence-electron chi connectivity index (χ1n) is 12.3. The molecule has 0 radical (unpaired) electrons. The van der Waals surface area contributed by atoms with Crippen molar-refractivity contribution in [1.82, 2.24) is 24.9 Å². The van der Waals surface area contributed by atoms with Crippen molar-refractivity contribution in [3.63, 3.8) is 0 Å². The largest absolute Gasteiger partial charge is 0.416 e. The summed E-state index contributed by atoms with van der Waals surface area (Å²) in [5.74, 6) is -0.183. The number of hydroxylamine groups is 1. The van der Waals surface area contributed by atoms with Gasteiger partial charge in [0, 0.05) is 32.2 Å². The minimum Gasteiger partial charge on any atom is -0.349 e. The van der Waals surface area contributed by atoms with E-state index in [1.54, 1.807) is 13.1 Å². The molecule has 0 bridgehead atoms. The molecule has 1 N–H and O–H groups in total. The van der Waals surface area contributed by atoms with Crippen LogP contribution in [0.2, 0.25) is 0 Å². The fourth-order valence-corrected chi connectivity index (χ4v) is 5.02. The predicted molar refractivity (Wildman–Crippen MR) is 136 cm³/mol. The van der Waals surface area contributed by atoms with E-state index in [4.69, 9.17) is 4.84 Å². The number of nitriles is 1. The highest BCUT2D eigenvalue weighted by molar-refractivity contribution is 5.86. The van der Waals surface area contributed by atoms with Gasteiger partial charge in [0.1, 0.15) is 23.3 Å². The van der Waals surface area contributed by atoms with Gasteiger partial charge in [0.2, 0.25) is 0 Å². The Bertz CT molecular complexity index is 1470. The number of aryl methyl sites for hydroxylation is 1. The maximum atomic E-state index is 13.2. The molecule has 3 atom stereocenters. The van der Waals surface area contributed by atoms with Crippen molar-refractivity contribution < 1.29 is 22.8 Å². The summed E-state index contributed by atoms with van der Waals surface area (Å²) >= 11 is 0. The molecule has 10 nitrogen and oxygen atoms in total. The van der Waals surface area contributed by atoms with Crippen LogP contribution in [0.4, 0.5) is 19.0 Å². The van der Waals surface area contributed by atoms with Gasteiger partial charge in [-0.1, -0.05) is 19.1 Å². The monoisotopic (exact) mass is 543 g/mol. The van der Waals surface area contributed by atoms with Crippen molar-refractivity contribution in [3.8, 4) is 6.07 Å². The Hall–Kier alpha value is -4.02. The summed E-state index contributed by atoms with van der Waals surface area (Å²) in [4.78, 5) is 43.3. The molecule has 39 heavy (non-hydrogen) atoms. The van der Waals surface area contributed by atoms with Crippen LogP contribution in [0.15, 0.2) is 41.2 Å². The average Bonchev–Trinajstić information content (AvgIpc) is 2.91. The van der Waals surface area contributed by atoms with Crippen LogP contribution in [-0.2, 0) is 22.9 Å². The van der Waals surface area contributed by atoms with Crippen LogP contribution in [0.5, 0.6) is 0 Å². The molecule has 13 heteroatoms. The van der Waals surface area contributed by atoms with E-state index in [2.05, 4.69) is 15.4 Å². The van der Waals surface area contributed by atoms with Gasteiger partial charge >= 0.3 is 11.9 Å². The van der Waals surface area contributed by atoms with Crippen LogP contribution in [0, 0.1) is 11.3 Å². The third-order valence-corrected chi connectivity index (χ3v) is 7.01. The predicted octanol–water partition coefficient (Wildman–Crippen LogP) is 2.93. The second-order valence-corrected chi connectivity index (χ2v) is 9.41. The minimum absolute atomic E-state index is 0.182. The quantitative estimate of drug-likeness (QED) is 0.472. The molecule has 0 aliphatic carbocycles. The highest BCUT2D eigenvalue weighted by Gasteiger charge is 2.40. The van der Waals surface area contributed by atoms with Crippen LogP contribution in [0.25, 0.3) is 11.0 Å². The third-order valence-electron chi connectivity index (χ3n) is 7.01. The van der Waals surface area contributed by atoms with E-state index >= 15 is 0 Å². The molecule has 2 aromatic heterocycles. The molecular formula is C26H28F3N7O3. The number of alkyl halides is 3. The van der Waals surface area contributed by atoms with Gasteiger partial charge in [-0.25, -0.2) is 15.3 Å². The third kappa shape index (κ3) is 5.43. The number of pyridine rings is 1. The lowest BCUT2D eigenvalue weighted by atomic mass is 9.96. The number of halogens is 3. The van der Waals surface area contributed by atoms with E-state index in [0.717, 1.165) is 12.1 Å². The van der Waals surface area contributed by atoms with Crippen LogP contribution >= 0.6 is 0 Å². The summed E-state index contributed by atoms with van der Waals surface area (Å²) in [6.07, 6.45) is -3.92. The summed E-state index contributed by atoms with van der Waals surface area (Å²) in [6.45, 7) is 4.50. The molecule has 0 saturated carbocycles. The molecule has 4 rings (SSSR count). The van der Waals surface area contributed by atoms with E-state index in [-0.39, 0.29) is 17.8 Å². The van der Waals surface area contributed by atoms with Gasteiger partial charge in [-0.3, -0.25) is 19.1 Å². The van der Waals surface area contributed by atoms with Crippen LogP contribution in [0.1, 0.15) is 43.1 Å². The van der Waals surface area contributed by atoms with E-state index in [1.165, 1.54) is 29.9 Å². The lowest BCUT2D eigenvalue weighted by Crippen LogP contribution is -2.60. The van der Waals surface area contributed by atoms with Crippen molar-refractivity contribution in [2.75, 3.05) is 25.1 Å². The van der Waals surface area contributed by atoms with Gasteiger partial charge in [0.25, 0.3) is 5.91 Å². The molecular weight excluding hydrogens is 515 g/mol. The maximum Gasteiger partial charge on any atom is 0.416 e. The normalized spacial score (nSPS) is 19.1. The Morgan fingerprint density at radius 3 is 2.49 bits per heavy atom. The second kappa shape index (κ2) is 11.0. The van der Waals surface area contributed by atoms with Crippen molar-refractivity contribution in [1.29, 1.82) is 5.26 Å². The summed E-state index contributed by atoms with van der Waals surface area (Å²) in [7, 11) is 2.86. The number of rotatable bonds is 6. The molecule has 1 saturated heterocycles. The molecule has 1 aliphatic heterocycles. The van der Waals surface area contributed by atoms with Gasteiger partial charge in [-0.2, -0.15) is 23.4 Å². The fourth-order valence-electron chi connectivity index (χ4n) is 5.02. The van der Waals surface area contributed by atoms with Gasteiger partial charge in [0.05, 0.1) is 18.2 Å². The first-order valence-corrected chi connectivity index (χ1v) is 12.3. The Kier molecular flexibility index (Phi) is 7.89. The molecule has 1 fully saturated rings. The van der Waals surface area contributed by atoms with Crippen molar-refractivity contribution in [2.24, 2.45) is 7.05 Å². The Balaban J connectivity index is 1.75. The highest BCUT2D eigenvalue weighted by Crippen LogP contribution is 2.35. The van der Waals surface area contributed by atoms with Crippen LogP contribution < -0.4 is 16.1 Å². The molecule has 1 aliphatic rings. The summed E-state index contributed by atoms with van der Waals surface area (Å²) in [6, 6.07) is 8.25.